The van der Waals surface area contributed by atoms with Crippen molar-refractivity contribution in [1.29, 1.82) is 0 Å². The van der Waals surface area contributed by atoms with E-state index in [1.807, 2.05) is 49.4 Å². The molecule has 0 aliphatic rings. The summed E-state index contributed by atoms with van der Waals surface area (Å²) < 4.78 is 5.30. The molecule has 1 atom stereocenters. The Hall–Kier alpha value is -2.00. The number of rotatable bonds is 5. The molecule has 0 saturated heterocycles. The summed E-state index contributed by atoms with van der Waals surface area (Å²) in [5.74, 6) is 0.716. The molecular formula is C17H21NO2. The van der Waals surface area contributed by atoms with Gasteiger partial charge in [-0.25, -0.2) is 0 Å². The topological polar surface area (TPSA) is 41.5 Å². The van der Waals surface area contributed by atoms with E-state index >= 15 is 0 Å². The minimum atomic E-state index is -0.605. The van der Waals surface area contributed by atoms with Gasteiger partial charge in [-0.05, 0) is 38.1 Å². The number of nitrogens with one attached hydrogen (secondary N) is 1. The predicted octanol–water partition coefficient (Wildman–Crippen LogP) is 3.46. The van der Waals surface area contributed by atoms with Crippen LogP contribution in [-0.4, -0.2) is 18.8 Å². The Morgan fingerprint density at radius 2 is 1.70 bits per heavy atom. The Bertz CT molecular complexity index is 564. The summed E-state index contributed by atoms with van der Waals surface area (Å²) in [5.41, 5.74) is 4.14. The lowest BCUT2D eigenvalue weighted by molar-refractivity contribution is 0.187. The number of hydrogen-bond donors (Lipinski definition) is 2. The molecule has 0 bridgehead atoms. The molecule has 0 aromatic heterocycles. The van der Waals surface area contributed by atoms with Gasteiger partial charge >= 0.3 is 0 Å². The molecule has 2 aromatic carbocycles. The number of anilines is 1. The minimum absolute atomic E-state index is 0.447. The van der Waals surface area contributed by atoms with Gasteiger partial charge in [-0.1, -0.05) is 29.3 Å². The zero-order valence-electron chi connectivity index (χ0n) is 12.2. The maximum absolute atomic E-state index is 10.3. The Labute approximate surface area is 120 Å². The second-order valence-electron chi connectivity index (χ2n) is 5.01. The van der Waals surface area contributed by atoms with E-state index in [0.717, 1.165) is 16.8 Å². The van der Waals surface area contributed by atoms with Crippen LogP contribution in [0.3, 0.4) is 0 Å². The van der Waals surface area contributed by atoms with Crippen molar-refractivity contribution in [1.82, 2.24) is 0 Å². The highest BCUT2D eigenvalue weighted by Crippen LogP contribution is 2.26. The number of benzene rings is 2. The average molecular weight is 271 g/mol. The standard InChI is InChI=1S/C17H21NO2/c1-12-4-7-14(8-5-12)18-11-16(19)15-10-13(2)6-9-17(15)20-3/h4-10,16,18-19H,11H2,1-3H3. The Morgan fingerprint density at radius 3 is 2.35 bits per heavy atom. The zero-order valence-corrected chi connectivity index (χ0v) is 12.2. The van der Waals surface area contributed by atoms with E-state index in [-0.39, 0.29) is 0 Å². The van der Waals surface area contributed by atoms with Gasteiger partial charge in [0.05, 0.1) is 13.2 Å². The first-order valence-corrected chi connectivity index (χ1v) is 6.73. The molecule has 0 spiro atoms. The van der Waals surface area contributed by atoms with Crippen molar-refractivity contribution in [3.63, 3.8) is 0 Å². The number of aliphatic hydroxyl groups excluding tert-OH is 1. The third-order valence-electron chi connectivity index (χ3n) is 3.30. The molecule has 2 N–H and O–H groups in total. The molecule has 2 rings (SSSR count). The average Bonchev–Trinajstić information content (AvgIpc) is 2.46. The lowest BCUT2D eigenvalue weighted by Gasteiger charge is -2.17. The summed E-state index contributed by atoms with van der Waals surface area (Å²) in [6.07, 6.45) is -0.605. The Kier molecular flexibility index (Phi) is 4.64. The highest BCUT2D eigenvalue weighted by atomic mass is 16.5. The smallest absolute Gasteiger partial charge is 0.124 e. The van der Waals surface area contributed by atoms with Gasteiger partial charge in [0.2, 0.25) is 0 Å². The maximum atomic E-state index is 10.3. The number of methoxy groups -OCH3 is 1. The molecular weight excluding hydrogens is 250 g/mol. The van der Waals surface area contributed by atoms with Crippen LogP contribution >= 0.6 is 0 Å². The Morgan fingerprint density at radius 1 is 1.05 bits per heavy atom. The van der Waals surface area contributed by atoms with Crippen molar-refractivity contribution < 1.29 is 9.84 Å². The summed E-state index contributed by atoms with van der Waals surface area (Å²) in [6.45, 7) is 4.50. The van der Waals surface area contributed by atoms with Gasteiger partial charge in [0.25, 0.3) is 0 Å². The van der Waals surface area contributed by atoms with E-state index in [9.17, 15) is 5.11 Å². The third kappa shape index (κ3) is 3.52. The number of hydrogen-bond acceptors (Lipinski definition) is 3. The summed E-state index contributed by atoms with van der Waals surface area (Å²) in [4.78, 5) is 0. The fourth-order valence-electron chi connectivity index (χ4n) is 2.11. The number of ether oxygens (including phenoxy) is 1. The van der Waals surface area contributed by atoms with Crippen molar-refractivity contribution >= 4 is 5.69 Å². The molecule has 0 aliphatic carbocycles. The normalized spacial score (nSPS) is 12.0. The van der Waals surface area contributed by atoms with Crippen LogP contribution in [0, 0.1) is 13.8 Å². The summed E-state index contributed by atoms with van der Waals surface area (Å²) in [5, 5.41) is 13.6. The molecule has 3 heteroatoms. The molecule has 0 aliphatic heterocycles. The van der Waals surface area contributed by atoms with Crippen LogP contribution < -0.4 is 10.1 Å². The second-order valence-corrected chi connectivity index (χ2v) is 5.01. The molecule has 0 fully saturated rings. The van der Waals surface area contributed by atoms with Crippen LogP contribution in [0.15, 0.2) is 42.5 Å². The Balaban J connectivity index is 2.06. The summed E-state index contributed by atoms with van der Waals surface area (Å²) in [7, 11) is 1.62. The monoisotopic (exact) mass is 271 g/mol. The third-order valence-corrected chi connectivity index (χ3v) is 3.30. The van der Waals surface area contributed by atoms with Crippen molar-refractivity contribution in [2.75, 3.05) is 19.0 Å². The van der Waals surface area contributed by atoms with Gasteiger partial charge in [-0.15, -0.1) is 0 Å². The van der Waals surface area contributed by atoms with Gasteiger partial charge in [0.1, 0.15) is 5.75 Å². The molecule has 1 unspecified atom stereocenters. The van der Waals surface area contributed by atoms with Crippen LogP contribution in [-0.2, 0) is 0 Å². The summed E-state index contributed by atoms with van der Waals surface area (Å²) >= 11 is 0. The van der Waals surface area contributed by atoms with E-state index in [1.54, 1.807) is 7.11 Å². The lowest BCUT2D eigenvalue weighted by atomic mass is 10.0. The molecule has 0 radical (unpaired) electrons. The fourth-order valence-corrected chi connectivity index (χ4v) is 2.11. The van der Waals surface area contributed by atoms with Crippen molar-refractivity contribution in [3.8, 4) is 5.75 Å². The lowest BCUT2D eigenvalue weighted by Crippen LogP contribution is -2.13. The molecule has 106 valence electrons. The van der Waals surface area contributed by atoms with Gasteiger partial charge in [-0.3, -0.25) is 0 Å². The van der Waals surface area contributed by atoms with Crippen LogP contribution in [0.2, 0.25) is 0 Å². The van der Waals surface area contributed by atoms with Gasteiger partial charge in [0, 0.05) is 17.8 Å². The van der Waals surface area contributed by atoms with Crippen LogP contribution in [0.4, 0.5) is 5.69 Å². The fraction of sp³-hybridized carbons (Fsp3) is 0.294. The molecule has 20 heavy (non-hydrogen) atoms. The van der Waals surface area contributed by atoms with Crippen molar-refractivity contribution in [3.05, 3.63) is 59.2 Å². The second kappa shape index (κ2) is 6.44. The largest absolute Gasteiger partial charge is 0.496 e. The van der Waals surface area contributed by atoms with E-state index in [2.05, 4.69) is 12.2 Å². The van der Waals surface area contributed by atoms with Crippen molar-refractivity contribution in [2.24, 2.45) is 0 Å². The van der Waals surface area contributed by atoms with E-state index < -0.39 is 6.10 Å². The SMILES string of the molecule is COc1ccc(C)cc1C(O)CNc1ccc(C)cc1. The first-order valence-electron chi connectivity index (χ1n) is 6.73. The molecule has 0 amide bonds. The zero-order chi connectivity index (χ0) is 14.5. The van der Waals surface area contributed by atoms with E-state index in [1.165, 1.54) is 5.56 Å². The van der Waals surface area contributed by atoms with E-state index in [0.29, 0.717) is 12.3 Å². The molecule has 0 saturated carbocycles. The minimum Gasteiger partial charge on any atom is -0.496 e. The predicted molar refractivity (Wildman–Crippen MR) is 82.4 cm³/mol. The first-order chi connectivity index (χ1) is 9.60. The quantitative estimate of drug-likeness (QED) is 0.875. The van der Waals surface area contributed by atoms with Crippen LogP contribution in [0.5, 0.6) is 5.75 Å². The maximum Gasteiger partial charge on any atom is 0.124 e. The van der Waals surface area contributed by atoms with Gasteiger partial charge in [-0.2, -0.15) is 0 Å². The van der Waals surface area contributed by atoms with Crippen molar-refractivity contribution in [2.45, 2.75) is 20.0 Å². The number of aryl methyl sites for hydroxylation is 2. The number of aliphatic hydroxyl groups is 1. The molecule has 2 aromatic rings. The molecule has 0 heterocycles. The van der Waals surface area contributed by atoms with Gasteiger partial charge in [0.15, 0.2) is 0 Å². The van der Waals surface area contributed by atoms with Crippen LogP contribution in [0.1, 0.15) is 22.8 Å². The molecule has 3 nitrogen and oxygen atoms in total. The van der Waals surface area contributed by atoms with Gasteiger partial charge < -0.3 is 15.2 Å². The van der Waals surface area contributed by atoms with E-state index in [4.69, 9.17) is 4.74 Å². The highest BCUT2D eigenvalue weighted by Gasteiger charge is 2.13. The summed E-state index contributed by atoms with van der Waals surface area (Å²) in [6, 6.07) is 13.9. The highest BCUT2D eigenvalue weighted by molar-refractivity contribution is 5.45. The first kappa shape index (κ1) is 14.4. The van der Waals surface area contributed by atoms with Crippen LogP contribution in [0.25, 0.3) is 0 Å².